The Bertz CT molecular complexity index is 2140. The largest absolute Gasteiger partial charge is 0.493 e. The van der Waals surface area contributed by atoms with Crippen molar-refractivity contribution in [2.45, 2.75) is 6.61 Å². The number of pyridine rings is 1. The van der Waals surface area contributed by atoms with Crippen molar-refractivity contribution in [3.05, 3.63) is 125 Å². The second-order valence-electron chi connectivity index (χ2n) is 10.9. The number of nitriles is 1. The Kier molecular flexibility index (Phi) is 9.71. The second kappa shape index (κ2) is 14.6. The Morgan fingerprint density at radius 2 is 1.64 bits per heavy atom. The third-order valence-corrected chi connectivity index (χ3v) is 7.48. The number of halogens is 2. The summed E-state index contributed by atoms with van der Waals surface area (Å²) in [5.41, 5.74) is 1.56. The highest BCUT2D eigenvalue weighted by Crippen LogP contribution is 2.43. The van der Waals surface area contributed by atoms with Crippen LogP contribution in [0, 0.1) is 23.0 Å². The van der Waals surface area contributed by atoms with Crippen LogP contribution in [0.5, 0.6) is 46.3 Å². The van der Waals surface area contributed by atoms with Gasteiger partial charge in [0.1, 0.15) is 18.2 Å². The zero-order valence-electron chi connectivity index (χ0n) is 26.7. The predicted octanol–water partition coefficient (Wildman–Crippen LogP) is 7.59. The first-order chi connectivity index (χ1) is 24.2. The fourth-order valence-electron chi connectivity index (χ4n) is 4.97. The average Bonchev–Trinajstić information content (AvgIpc) is 3.57. The molecule has 50 heavy (non-hydrogen) atoms. The molecule has 4 aromatic carbocycles. The zero-order chi connectivity index (χ0) is 35.2. The molecule has 0 amide bonds. The van der Waals surface area contributed by atoms with Crippen LogP contribution in [0.3, 0.4) is 0 Å². The normalized spacial score (nSPS) is 12.1. The van der Waals surface area contributed by atoms with Crippen LogP contribution >= 0.6 is 0 Å². The molecule has 0 saturated carbocycles. The quantitative estimate of drug-likeness (QED) is 0.141. The lowest BCUT2D eigenvalue weighted by molar-refractivity contribution is 0.0696. The van der Waals surface area contributed by atoms with Crippen molar-refractivity contribution < 1.29 is 42.4 Å². The molecule has 0 aliphatic carbocycles. The lowest BCUT2D eigenvalue weighted by atomic mass is 10.2. The highest BCUT2D eigenvalue weighted by atomic mass is 19.1. The molecule has 1 aromatic heterocycles. The van der Waals surface area contributed by atoms with E-state index in [0.29, 0.717) is 17.9 Å². The number of carbonyl (C=O) groups is 1. The van der Waals surface area contributed by atoms with Crippen molar-refractivity contribution in [3.8, 4) is 52.3 Å². The van der Waals surface area contributed by atoms with Crippen LogP contribution in [0.15, 0.2) is 96.0 Å². The molecule has 0 atom stereocenters. The second-order valence-corrected chi connectivity index (χ2v) is 10.9. The minimum absolute atomic E-state index is 0.0949. The maximum atomic E-state index is 16.3. The van der Waals surface area contributed by atoms with E-state index >= 15 is 8.78 Å². The average molecular weight is 679 g/mol. The van der Waals surface area contributed by atoms with Gasteiger partial charge in [-0.25, -0.2) is 4.79 Å². The smallest absolute Gasteiger partial charge is 0.335 e. The SMILES string of the molecule is COc1cc(C(=O)O)ccc1Oc1c(F)c(Oc2cccc(C3=NCCN3C)c2)nc(Oc2cc(C#N)ccc2OCc2ccccc2)c1F. The fraction of sp³-hybridized carbons (Fsp3) is 0.135. The summed E-state index contributed by atoms with van der Waals surface area (Å²) in [6.07, 6.45) is 0. The summed E-state index contributed by atoms with van der Waals surface area (Å²) in [7, 11) is 3.14. The molecule has 1 aliphatic heterocycles. The van der Waals surface area contributed by atoms with Crippen molar-refractivity contribution in [3.63, 3.8) is 0 Å². The first-order valence-electron chi connectivity index (χ1n) is 15.1. The summed E-state index contributed by atoms with van der Waals surface area (Å²) in [4.78, 5) is 22.0. The van der Waals surface area contributed by atoms with Gasteiger partial charge in [-0.2, -0.15) is 19.0 Å². The summed E-state index contributed by atoms with van der Waals surface area (Å²) in [5, 5.41) is 19.0. The maximum Gasteiger partial charge on any atom is 0.335 e. The summed E-state index contributed by atoms with van der Waals surface area (Å²) in [6, 6.07) is 25.7. The minimum atomic E-state index is -1.37. The molecular formula is C37H28F2N4O7. The first-order valence-corrected chi connectivity index (χ1v) is 15.1. The van der Waals surface area contributed by atoms with E-state index in [1.165, 1.54) is 37.4 Å². The van der Waals surface area contributed by atoms with E-state index in [9.17, 15) is 15.2 Å². The highest BCUT2D eigenvalue weighted by Gasteiger charge is 2.28. The first kappa shape index (κ1) is 33.2. The molecule has 0 spiro atoms. The molecule has 1 N–H and O–H groups in total. The molecule has 0 bridgehead atoms. The zero-order valence-corrected chi connectivity index (χ0v) is 26.7. The number of nitrogens with zero attached hydrogens (tertiary/aromatic N) is 4. The molecule has 0 radical (unpaired) electrons. The molecule has 0 fully saturated rings. The van der Waals surface area contributed by atoms with Crippen LogP contribution in [0.4, 0.5) is 8.78 Å². The Balaban J connectivity index is 1.42. The van der Waals surface area contributed by atoms with Gasteiger partial charge in [-0.05, 0) is 48.0 Å². The lowest BCUT2D eigenvalue weighted by Crippen LogP contribution is -2.23. The number of ether oxygens (including phenoxy) is 5. The molecule has 0 unspecified atom stereocenters. The molecule has 6 rings (SSSR count). The van der Waals surface area contributed by atoms with E-state index in [0.717, 1.165) is 18.2 Å². The lowest BCUT2D eigenvalue weighted by Gasteiger charge is -2.18. The number of aromatic carboxylic acids is 1. The monoisotopic (exact) mass is 678 g/mol. The number of amidine groups is 1. The molecule has 0 saturated heterocycles. The van der Waals surface area contributed by atoms with Crippen LogP contribution in [-0.4, -0.2) is 54.0 Å². The van der Waals surface area contributed by atoms with Crippen LogP contribution in [0.25, 0.3) is 0 Å². The van der Waals surface area contributed by atoms with Gasteiger partial charge in [0.25, 0.3) is 11.8 Å². The number of rotatable bonds is 12. The number of methoxy groups -OCH3 is 1. The van der Waals surface area contributed by atoms with Crippen molar-refractivity contribution in [2.75, 3.05) is 27.2 Å². The van der Waals surface area contributed by atoms with Crippen LogP contribution in [-0.2, 0) is 6.61 Å². The Morgan fingerprint density at radius 3 is 2.34 bits per heavy atom. The summed E-state index contributed by atoms with van der Waals surface area (Å²) >= 11 is 0. The Labute approximate surface area is 285 Å². The molecule has 5 aromatic rings. The number of aromatic nitrogens is 1. The molecule has 252 valence electrons. The standard InChI is InChI=1S/C37H28F2N4O7/c1-43-16-15-41-34(43)24-9-6-10-26(18-24)48-35-31(38)33(49-28-14-12-25(37(44)45)19-29(28)46-2)32(39)36(42-35)50-30-17-23(20-40)11-13-27(30)47-21-22-7-4-3-5-8-22/h3-14,17-19H,15-16,21H2,1-2H3,(H,44,45). The number of carboxylic acids is 1. The third-order valence-electron chi connectivity index (χ3n) is 7.48. The van der Waals surface area contributed by atoms with Gasteiger partial charge in [0, 0.05) is 25.2 Å². The predicted molar refractivity (Wildman–Crippen MR) is 177 cm³/mol. The van der Waals surface area contributed by atoms with Gasteiger partial charge in [-0.3, -0.25) is 4.99 Å². The van der Waals surface area contributed by atoms with E-state index in [-0.39, 0.29) is 46.5 Å². The van der Waals surface area contributed by atoms with E-state index in [2.05, 4.69) is 9.98 Å². The molecule has 1 aliphatic rings. The number of benzene rings is 4. The molecule has 2 heterocycles. The van der Waals surface area contributed by atoms with E-state index in [1.54, 1.807) is 18.2 Å². The van der Waals surface area contributed by atoms with Gasteiger partial charge < -0.3 is 33.7 Å². The van der Waals surface area contributed by atoms with Gasteiger partial charge in [0.15, 0.2) is 23.0 Å². The minimum Gasteiger partial charge on any atom is -0.493 e. The van der Waals surface area contributed by atoms with Crippen molar-refractivity contribution in [1.82, 2.24) is 9.88 Å². The number of likely N-dealkylation sites (N-methyl/N-ethyl adjacent to an activating group) is 1. The van der Waals surface area contributed by atoms with Crippen LogP contribution in [0.1, 0.15) is 27.0 Å². The van der Waals surface area contributed by atoms with E-state index in [4.69, 9.17) is 23.7 Å². The molecule has 13 heteroatoms. The summed E-state index contributed by atoms with van der Waals surface area (Å²) in [6.45, 7) is 1.47. The van der Waals surface area contributed by atoms with Gasteiger partial charge >= 0.3 is 5.97 Å². The summed E-state index contributed by atoms with van der Waals surface area (Å²) in [5.74, 6) is -5.80. The highest BCUT2D eigenvalue weighted by molar-refractivity contribution is 5.99. The van der Waals surface area contributed by atoms with Crippen molar-refractivity contribution >= 4 is 11.8 Å². The van der Waals surface area contributed by atoms with Crippen LogP contribution < -0.4 is 23.7 Å². The fourth-order valence-corrected chi connectivity index (χ4v) is 4.97. The number of hydrogen-bond donors (Lipinski definition) is 1. The summed E-state index contributed by atoms with van der Waals surface area (Å²) < 4.78 is 61.1. The van der Waals surface area contributed by atoms with Crippen molar-refractivity contribution in [1.29, 1.82) is 5.26 Å². The maximum absolute atomic E-state index is 16.3. The number of hydrogen-bond acceptors (Lipinski definition) is 10. The van der Waals surface area contributed by atoms with Gasteiger partial charge in [0.2, 0.25) is 17.4 Å². The topological polar surface area (TPSA) is 136 Å². The van der Waals surface area contributed by atoms with Crippen LogP contribution in [0.2, 0.25) is 0 Å². The number of carboxylic acid groups (broad SMARTS) is 1. The third kappa shape index (κ3) is 7.24. The van der Waals surface area contributed by atoms with E-state index < -0.39 is 35.1 Å². The van der Waals surface area contributed by atoms with Gasteiger partial charge in [-0.1, -0.05) is 42.5 Å². The Hall–Kier alpha value is -6.68. The number of aliphatic imine (C=N–C) groups is 1. The molecular weight excluding hydrogens is 650 g/mol. The van der Waals surface area contributed by atoms with Gasteiger partial charge in [0.05, 0.1) is 30.9 Å². The Morgan fingerprint density at radius 1 is 0.880 bits per heavy atom. The molecule has 11 nitrogen and oxygen atoms in total. The van der Waals surface area contributed by atoms with Gasteiger partial charge in [-0.15, -0.1) is 0 Å². The van der Waals surface area contributed by atoms with E-state index in [1.807, 2.05) is 54.4 Å². The van der Waals surface area contributed by atoms with Crippen molar-refractivity contribution in [2.24, 2.45) is 4.99 Å².